The van der Waals surface area contributed by atoms with Crippen LogP contribution in [0.3, 0.4) is 0 Å². The number of hydrogen-bond acceptors (Lipinski definition) is 6. The molecule has 9 nitrogen and oxygen atoms in total. The number of urea groups is 1. The van der Waals surface area contributed by atoms with Crippen molar-refractivity contribution in [2.45, 2.75) is 72.9 Å². The fraction of sp³-hybridized carbons (Fsp3) is 0.571. The Hall–Kier alpha value is -3.45. The van der Waals surface area contributed by atoms with E-state index in [1.165, 1.54) is 0 Å². The van der Waals surface area contributed by atoms with Crippen LogP contribution in [0.2, 0.25) is 0 Å². The summed E-state index contributed by atoms with van der Waals surface area (Å²) < 4.78 is 7.08. The van der Waals surface area contributed by atoms with E-state index in [0.717, 1.165) is 41.8 Å². The van der Waals surface area contributed by atoms with Gasteiger partial charge in [-0.05, 0) is 56.1 Å². The first-order chi connectivity index (χ1) is 17.5. The standard InChI is InChI=1S/C28H37N5O4/c1-6-37-25(35)24-22-15-32(12-11-23(22)33(31-24)21-9-7-19(2)8-10-21)26(36)29-17-28(5)14-20(30-18-34)13-27(3,4)16-28/h7-10,20H,6,11-17H2,1-5H3,(H,29,36). The number of aliphatic imine (C=N–C) groups is 1. The number of esters is 1. The van der Waals surface area contributed by atoms with Crippen molar-refractivity contribution in [3.05, 3.63) is 46.8 Å². The molecule has 0 radical (unpaired) electrons. The van der Waals surface area contributed by atoms with Crippen LogP contribution >= 0.6 is 0 Å². The number of nitrogens with zero attached hydrogens (tertiary/aromatic N) is 4. The highest BCUT2D eigenvalue weighted by Gasteiger charge is 2.42. The molecule has 1 saturated carbocycles. The largest absolute Gasteiger partial charge is 0.461 e. The molecule has 2 amide bonds. The zero-order valence-corrected chi connectivity index (χ0v) is 22.5. The number of aryl methyl sites for hydroxylation is 1. The maximum absolute atomic E-state index is 13.3. The molecule has 9 heteroatoms. The molecule has 2 atom stereocenters. The number of benzene rings is 1. The van der Waals surface area contributed by atoms with Crippen molar-refractivity contribution in [1.82, 2.24) is 20.0 Å². The number of isocyanates is 1. The average Bonchev–Trinajstić information content (AvgIpc) is 3.21. The quantitative estimate of drug-likeness (QED) is 0.356. The highest BCUT2D eigenvalue weighted by atomic mass is 16.5. The first kappa shape index (κ1) is 26.6. The molecule has 0 saturated heterocycles. The number of rotatable bonds is 6. The molecular weight excluding hydrogens is 470 g/mol. The third-order valence-electron chi connectivity index (χ3n) is 7.42. The van der Waals surface area contributed by atoms with Gasteiger partial charge in [0.2, 0.25) is 6.08 Å². The van der Waals surface area contributed by atoms with Crippen LogP contribution in [0.1, 0.15) is 74.3 Å². The molecule has 1 aromatic heterocycles. The van der Waals surface area contributed by atoms with Gasteiger partial charge >= 0.3 is 12.0 Å². The Morgan fingerprint density at radius 2 is 1.95 bits per heavy atom. The first-order valence-electron chi connectivity index (χ1n) is 13.0. The summed E-state index contributed by atoms with van der Waals surface area (Å²) in [5, 5.41) is 7.73. The van der Waals surface area contributed by atoms with Gasteiger partial charge in [-0.1, -0.05) is 38.5 Å². The Morgan fingerprint density at radius 3 is 2.62 bits per heavy atom. The lowest BCUT2D eigenvalue weighted by Gasteiger charge is -2.45. The second kappa shape index (κ2) is 10.5. The van der Waals surface area contributed by atoms with E-state index < -0.39 is 5.97 Å². The molecular formula is C28H37N5O4. The first-order valence-corrected chi connectivity index (χ1v) is 13.0. The average molecular weight is 508 g/mol. The summed E-state index contributed by atoms with van der Waals surface area (Å²) in [6.07, 6.45) is 4.77. The van der Waals surface area contributed by atoms with Crippen LogP contribution < -0.4 is 5.32 Å². The molecule has 1 aliphatic heterocycles. The molecule has 198 valence electrons. The summed E-state index contributed by atoms with van der Waals surface area (Å²) in [6, 6.07) is 7.71. The minimum absolute atomic E-state index is 0.0157. The minimum Gasteiger partial charge on any atom is -0.461 e. The van der Waals surface area contributed by atoms with Crippen molar-refractivity contribution >= 4 is 18.1 Å². The molecule has 2 unspecified atom stereocenters. The fourth-order valence-electron chi connectivity index (χ4n) is 6.14. The van der Waals surface area contributed by atoms with Gasteiger partial charge in [-0.25, -0.2) is 24.1 Å². The fourth-order valence-corrected chi connectivity index (χ4v) is 6.14. The number of nitrogens with one attached hydrogen (secondary N) is 1. The van der Waals surface area contributed by atoms with Crippen LogP contribution in [0.4, 0.5) is 4.79 Å². The number of hydrogen-bond donors (Lipinski definition) is 1. The van der Waals surface area contributed by atoms with E-state index in [9.17, 15) is 14.4 Å². The Balaban J connectivity index is 1.52. The van der Waals surface area contributed by atoms with E-state index >= 15 is 0 Å². The Kier molecular flexibility index (Phi) is 7.55. The van der Waals surface area contributed by atoms with Gasteiger partial charge in [-0.15, -0.1) is 0 Å². The summed E-state index contributed by atoms with van der Waals surface area (Å²) in [6.45, 7) is 11.8. The maximum atomic E-state index is 13.3. The second-order valence-electron chi connectivity index (χ2n) is 11.5. The lowest BCUT2D eigenvalue weighted by Crippen LogP contribution is -2.49. The molecule has 2 heterocycles. The number of aromatic nitrogens is 2. The summed E-state index contributed by atoms with van der Waals surface area (Å²) in [5.74, 6) is -0.481. The Labute approximate surface area is 218 Å². The maximum Gasteiger partial charge on any atom is 0.359 e. The highest BCUT2D eigenvalue weighted by molar-refractivity contribution is 5.89. The second-order valence-corrected chi connectivity index (χ2v) is 11.5. The zero-order chi connectivity index (χ0) is 26.8. The van der Waals surface area contributed by atoms with Gasteiger partial charge in [0.05, 0.1) is 30.6 Å². The molecule has 1 fully saturated rings. The van der Waals surface area contributed by atoms with Crippen molar-refractivity contribution in [2.24, 2.45) is 15.8 Å². The van der Waals surface area contributed by atoms with Gasteiger partial charge in [0.1, 0.15) is 0 Å². The summed E-state index contributed by atoms with van der Waals surface area (Å²) in [4.78, 5) is 42.6. The SMILES string of the molecule is CCOC(=O)c1nn(-c2ccc(C)cc2)c2c1CN(C(=O)NCC1(C)CC(N=C=O)CC(C)(C)C1)CC2. The van der Waals surface area contributed by atoms with Crippen LogP contribution in [-0.4, -0.2) is 58.5 Å². The number of ether oxygens (including phenoxy) is 1. The topological polar surface area (TPSA) is 106 Å². The van der Waals surface area contributed by atoms with Crippen LogP contribution in [-0.2, 0) is 22.5 Å². The van der Waals surface area contributed by atoms with E-state index in [-0.39, 0.29) is 41.7 Å². The molecule has 2 aliphatic rings. The van der Waals surface area contributed by atoms with Gasteiger partial charge in [-0.2, -0.15) is 5.10 Å². The van der Waals surface area contributed by atoms with Crippen LogP contribution in [0.5, 0.6) is 0 Å². The van der Waals surface area contributed by atoms with Crippen molar-refractivity contribution in [3.63, 3.8) is 0 Å². The molecule has 1 N–H and O–H groups in total. The summed E-state index contributed by atoms with van der Waals surface area (Å²) >= 11 is 0. The van der Waals surface area contributed by atoms with Gasteiger partial charge in [0.15, 0.2) is 5.69 Å². The smallest absolute Gasteiger partial charge is 0.359 e. The van der Waals surface area contributed by atoms with Crippen LogP contribution in [0.15, 0.2) is 29.3 Å². The van der Waals surface area contributed by atoms with Crippen molar-refractivity contribution in [2.75, 3.05) is 19.7 Å². The van der Waals surface area contributed by atoms with Crippen molar-refractivity contribution in [1.29, 1.82) is 0 Å². The van der Waals surface area contributed by atoms with Crippen LogP contribution in [0.25, 0.3) is 5.69 Å². The molecule has 4 rings (SSSR count). The van der Waals surface area contributed by atoms with Crippen LogP contribution in [0, 0.1) is 17.8 Å². The molecule has 1 aromatic carbocycles. The predicted molar refractivity (Wildman–Crippen MR) is 139 cm³/mol. The minimum atomic E-state index is -0.481. The number of fused-ring (bicyclic) bond motifs is 1. The number of carbonyl (C=O) groups excluding carboxylic acids is 3. The summed E-state index contributed by atoms with van der Waals surface area (Å²) in [5.41, 5.74) is 3.74. The zero-order valence-electron chi connectivity index (χ0n) is 22.5. The lowest BCUT2D eigenvalue weighted by molar-refractivity contribution is 0.0516. The Morgan fingerprint density at radius 1 is 1.22 bits per heavy atom. The van der Waals surface area contributed by atoms with Gasteiger partial charge in [-0.3, -0.25) is 0 Å². The van der Waals surface area contributed by atoms with E-state index in [1.54, 1.807) is 22.6 Å². The number of carbonyl (C=O) groups is 2. The molecule has 37 heavy (non-hydrogen) atoms. The van der Waals surface area contributed by atoms with Gasteiger partial charge in [0.25, 0.3) is 0 Å². The number of amides is 2. The predicted octanol–water partition coefficient (Wildman–Crippen LogP) is 4.35. The van der Waals surface area contributed by atoms with Crippen molar-refractivity contribution < 1.29 is 19.1 Å². The van der Waals surface area contributed by atoms with Crippen molar-refractivity contribution in [3.8, 4) is 5.69 Å². The lowest BCUT2D eigenvalue weighted by atomic mass is 9.63. The normalized spacial score (nSPS) is 22.5. The summed E-state index contributed by atoms with van der Waals surface area (Å²) in [7, 11) is 0. The Bertz CT molecular complexity index is 1210. The third-order valence-corrected chi connectivity index (χ3v) is 7.42. The highest BCUT2D eigenvalue weighted by Crippen LogP contribution is 2.46. The third kappa shape index (κ3) is 5.93. The molecule has 1 aliphatic carbocycles. The van der Waals surface area contributed by atoms with E-state index in [2.05, 4.69) is 36.2 Å². The van der Waals surface area contributed by atoms with Gasteiger partial charge < -0.3 is 15.0 Å². The van der Waals surface area contributed by atoms with E-state index in [1.807, 2.05) is 31.2 Å². The molecule has 0 bridgehead atoms. The molecule has 2 aromatic rings. The van der Waals surface area contributed by atoms with E-state index in [4.69, 9.17) is 4.74 Å². The van der Waals surface area contributed by atoms with Gasteiger partial charge in [0, 0.05) is 25.1 Å². The van der Waals surface area contributed by atoms with E-state index in [0.29, 0.717) is 19.5 Å². The molecule has 0 spiro atoms. The monoisotopic (exact) mass is 507 g/mol.